The van der Waals surface area contributed by atoms with Crippen LogP contribution < -0.4 is 5.32 Å². The van der Waals surface area contributed by atoms with Crippen LogP contribution in [0.5, 0.6) is 0 Å². The maximum absolute atomic E-state index is 13.2. The van der Waals surface area contributed by atoms with Gasteiger partial charge in [0.05, 0.1) is 12.6 Å². The minimum atomic E-state index is -0.350. The molecule has 1 rings (SSSR count). The number of hydrogen-bond donors (Lipinski definition) is 2. The first-order valence-electron chi connectivity index (χ1n) is 3.92. The number of aliphatic hydroxyl groups is 1. The summed E-state index contributed by atoms with van der Waals surface area (Å²) in [5.41, 5.74) is 0.472. The highest BCUT2D eigenvalue weighted by molar-refractivity contribution is 9.10. The standard InChI is InChI=1S/C9H11BrFNO/c1-12-9(5-13)7-4-6(10)2-3-8(7)11/h2-4,9,12-13H,5H2,1H3/t9-/m0/s1. The van der Waals surface area contributed by atoms with Gasteiger partial charge in [-0.3, -0.25) is 0 Å². The van der Waals surface area contributed by atoms with Crippen molar-refractivity contribution in [2.75, 3.05) is 13.7 Å². The van der Waals surface area contributed by atoms with Crippen LogP contribution in [0.15, 0.2) is 22.7 Å². The quantitative estimate of drug-likeness (QED) is 0.855. The van der Waals surface area contributed by atoms with Crippen molar-refractivity contribution in [1.29, 1.82) is 0 Å². The van der Waals surface area contributed by atoms with E-state index in [0.717, 1.165) is 4.47 Å². The van der Waals surface area contributed by atoms with Gasteiger partial charge in [0.15, 0.2) is 0 Å². The fourth-order valence-electron chi connectivity index (χ4n) is 1.13. The Morgan fingerprint density at radius 3 is 2.85 bits per heavy atom. The molecular formula is C9H11BrFNO. The lowest BCUT2D eigenvalue weighted by molar-refractivity contribution is 0.248. The Kier molecular flexibility index (Phi) is 3.84. The molecular weight excluding hydrogens is 237 g/mol. The lowest BCUT2D eigenvalue weighted by atomic mass is 10.1. The zero-order valence-electron chi connectivity index (χ0n) is 7.22. The molecule has 0 aromatic heterocycles. The Morgan fingerprint density at radius 2 is 2.31 bits per heavy atom. The summed E-state index contributed by atoms with van der Waals surface area (Å²) < 4.78 is 14.0. The molecule has 0 saturated carbocycles. The average Bonchev–Trinajstić information content (AvgIpc) is 2.13. The molecule has 1 atom stereocenters. The molecule has 0 unspecified atom stereocenters. The van der Waals surface area contributed by atoms with E-state index >= 15 is 0 Å². The topological polar surface area (TPSA) is 32.3 Å². The second-order valence-corrected chi connectivity index (χ2v) is 3.61. The first kappa shape index (κ1) is 10.6. The van der Waals surface area contributed by atoms with E-state index in [9.17, 15) is 4.39 Å². The van der Waals surface area contributed by atoms with Gasteiger partial charge < -0.3 is 10.4 Å². The molecule has 1 aromatic rings. The fourth-order valence-corrected chi connectivity index (χ4v) is 1.51. The monoisotopic (exact) mass is 247 g/mol. The largest absolute Gasteiger partial charge is 0.394 e. The summed E-state index contributed by atoms with van der Waals surface area (Å²) >= 11 is 3.25. The minimum absolute atomic E-state index is 0.121. The maximum atomic E-state index is 13.2. The van der Waals surface area contributed by atoms with Gasteiger partial charge in [0.1, 0.15) is 5.82 Å². The normalized spacial score (nSPS) is 12.9. The highest BCUT2D eigenvalue weighted by Crippen LogP contribution is 2.21. The zero-order chi connectivity index (χ0) is 9.84. The molecule has 0 bridgehead atoms. The van der Waals surface area contributed by atoms with Crippen LogP contribution in [0.25, 0.3) is 0 Å². The SMILES string of the molecule is CN[C@@H](CO)c1cc(Br)ccc1F. The van der Waals surface area contributed by atoms with E-state index in [1.165, 1.54) is 6.07 Å². The van der Waals surface area contributed by atoms with Crippen LogP contribution in [-0.2, 0) is 0 Å². The van der Waals surface area contributed by atoms with Crippen molar-refractivity contribution in [3.63, 3.8) is 0 Å². The Labute approximate surface area is 84.9 Å². The third kappa shape index (κ3) is 2.49. The highest BCUT2D eigenvalue weighted by Gasteiger charge is 2.12. The summed E-state index contributed by atoms with van der Waals surface area (Å²) in [4.78, 5) is 0. The number of nitrogens with one attached hydrogen (secondary N) is 1. The van der Waals surface area contributed by atoms with E-state index < -0.39 is 0 Å². The molecule has 2 nitrogen and oxygen atoms in total. The molecule has 1 aromatic carbocycles. The van der Waals surface area contributed by atoms with Gasteiger partial charge in [-0.05, 0) is 25.2 Å². The molecule has 0 heterocycles. The van der Waals surface area contributed by atoms with Crippen molar-refractivity contribution in [2.24, 2.45) is 0 Å². The van der Waals surface area contributed by atoms with Gasteiger partial charge in [0.2, 0.25) is 0 Å². The summed E-state index contributed by atoms with van der Waals surface area (Å²) in [5.74, 6) is -0.309. The van der Waals surface area contributed by atoms with Crippen LogP contribution in [0.3, 0.4) is 0 Å². The number of benzene rings is 1. The van der Waals surface area contributed by atoms with Crippen LogP contribution in [0.1, 0.15) is 11.6 Å². The molecule has 0 radical (unpaired) electrons. The second-order valence-electron chi connectivity index (χ2n) is 2.69. The number of likely N-dealkylation sites (N-methyl/N-ethyl adjacent to an activating group) is 1. The molecule has 0 aliphatic heterocycles. The van der Waals surface area contributed by atoms with E-state index in [4.69, 9.17) is 5.11 Å². The predicted octanol–water partition coefficient (Wildman–Crippen LogP) is 1.84. The molecule has 0 aliphatic rings. The van der Waals surface area contributed by atoms with Gasteiger partial charge in [-0.1, -0.05) is 15.9 Å². The summed E-state index contributed by atoms with van der Waals surface area (Å²) in [6, 6.07) is 4.31. The Balaban J connectivity index is 3.03. The van der Waals surface area contributed by atoms with E-state index in [2.05, 4.69) is 21.2 Å². The predicted molar refractivity (Wildman–Crippen MR) is 53.0 cm³/mol. The van der Waals surface area contributed by atoms with Crippen LogP contribution in [-0.4, -0.2) is 18.8 Å². The maximum Gasteiger partial charge on any atom is 0.128 e. The van der Waals surface area contributed by atoms with E-state index in [1.54, 1.807) is 19.2 Å². The Morgan fingerprint density at radius 1 is 1.62 bits per heavy atom. The van der Waals surface area contributed by atoms with Crippen molar-refractivity contribution in [2.45, 2.75) is 6.04 Å². The van der Waals surface area contributed by atoms with Gasteiger partial charge in [-0.15, -0.1) is 0 Å². The first-order valence-corrected chi connectivity index (χ1v) is 4.71. The second kappa shape index (κ2) is 4.69. The van der Waals surface area contributed by atoms with Crippen LogP contribution >= 0.6 is 15.9 Å². The molecule has 0 amide bonds. The van der Waals surface area contributed by atoms with Gasteiger partial charge in [0, 0.05) is 10.0 Å². The minimum Gasteiger partial charge on any atom is -0.394 e. The average molecular weight is 248 g/mol. The highest BCUT2D eigenvalue weighted by atomic mass is 79.9. The van der Waals surface area contributed by atoms with Gasteiger partial charge in [0.25, 0.3) is 0 Å². The summed E-state index contributed by atoms with van der Waals surface area (Å²) in [7, 11) is 1.68. The lowest BCUT2D eigenvalue weighted by Crippen LogP contribution is -2.21. The van der Waals surface area contributed by atoms with E-state index in [-0.39, 0.29) is 18.5 Å². The van der Waals surface area contributed by atoms with Crippen molar-refractivity contribution in [3.05, 3.63) is 34.1 Å². The van der Waals surface area contributed by atoms with Crippen LogP contribution in [0, 0.1) is 5.82 Å². The van der Waals surface area contributed by atoms with E-state index in [0.29, 0.717) is 5.56 Å². The zero-order valence-corrected chi connectivity index (χ0v) is 8.81. The number of aliphatic hydroxyl groups excluding tert-OH is 1. The molecule has 72 valence electrons. The molecule has 0 saturated heterocycles. The third-order valence-corrected chi connectivity index (χ3v) is 2.36. The molecule has 13 heavy (non-hydrogen) atoms. The van der Waals surface area contributed by atoms with Gasteiger partial charge in [-0.2, -0.15) is 0 Å². The molecule has 0 fully saturated rings. The molecule has 0 spiro atoms. The Hall–Kier alpha value is -0.450. The van der Waals surface area contributed by atoms with Gasteiger partial charge >= 0.3 is 0 Å². The third-order valence-electron chi connectivity index (χ3n) is 1.86. The fraction of sp³-hybridized carbons (Fsp3) is 0.333. The molecule has 0 aliphatic carbocycles. The summed E-state index contributed by atoms with van der Waals surface area (Å²) in [6.07, 6.45) is 0. The first-order chi connectivity index (χ1) is 6.19. The van der Waals surface area contributed by atoms with Crippen molar-refractivity contribution in [3.8, 4) is 0 Å². The van der Waals surface area contributed by atoms with Crippen molar-refractivity contribution in [1.82, 2.24) is 5.32 Å². The molecule has 2 N–H and O–H groups in total. The van der Waals surface area contributed by atoms with Crippen LogP contribution in [0.4, 0.5) is 4.39 Å². The van der Waals surface area contributed by atoms with Crippen molar-refractivity contribution < 1.29 is 9.50 Å². The number of rotatable bonds is 3. The van der Waals surface area contributed by atoms with Gasteiger partial charge in [-0.25, -0.2) is 4.39 Å². The lowest BCUT2D eigenvalue weighted by Gasteiger charge is -2.14. The smallest absolute Gasteiger partial charge is 0.128 e. The van der Waals surface area contributed by atoms with Crippen LogP contribution in [0.2, 0.25) is 0 Å². The van der Waals surface area contributed by atoms with E-state index in [1.807, 2.05) is 0 Å². The van der Waals surface area contributed by atoms with Crippen molar-refractivity contribution >= 4 is 15.9 Å². The number of hydrogen-bond acceptors (Lipinski definition) is 2. The summed E-state index contributed by atoms with van der Waals surface area (Å²) in [6.45, 7) is -0.121. The molecule has 4 heteroatoms. The Bertz CT molecular complexity index is 289. The summed E-state index contributed by atoms with van der Waals surface area (Å²) in [5, 5.41) is 11.8. The number of halogens is 2.